The largest absolute Gasteiger partial charge is 0.399 e. The molecule has 2 rings (SSSR count). The zero-order chi connectivity index (χ0) is 15.6. The molecule has 0 atom stereocenters. The number of likely N-dealkylation sites (N-methyl/N-ethyl adjacent to an activating group) is 1. The van der Waals surface area contributed by atoms with Gasteiger partial charge in [0.1, 0.15) is 4.90 Å². The summed E-state index contributed by atoms with van der Waals surface area (Å²) in [5.41, 5.74) is 6.83. The van der Waals surface area contributed by atoms with Gasteiger partial charge >= 0.3 is 0 Å². The second-order valence-corrected chi connectivity index (χ2v) is 6.43. The lowest BCUT2D eigenvalue weighted by Gasteiger charge is -2.14. The topological polar surface area (TPSA) is 108 Å². The standard InChI is InChI=1S/C13H18N4O3S/c1-3-17(2)13(18)8-16-21(19,20)12-7-15-11-6-9(14)4-5-10(11)12/h4-7,15-16H,3,8,14H2,1-2H3. The summed E-state index contributed by atoms with van der Waals surface area (Å²) in [4.78, 5) is 16.1. The van der Waals surface area contributed by atoms with Crippen LogP contribution < -0.4 is 10.5 Å². The first-order valence-electron chi connectivity index (χ1n) is 6.45. The second-order valence-electron chi connectivity index (χ2n) is 4.69. The number of nitrogens with zero attached hydrogens (tertiary/aromatic N) is 1. The molecule has 1 aromatic heterocycles. The number of carbonyl (C=O) groups is 1. The van der Waals surface area contributed by atoms with Gasteiger partial charge in [0, 0.05) is 36.4 Å². The lowest BCUT2D eigenvalue weighted by atomic mass is 10.2. The van der Waals surface area contributed by atoms with Crippen LogP contribution in [0.3, 0.4) is 0 Å². The number of benzene rings is 1. The monoisotopic (exact) mass is 310 g/mol. The van der Waals surface area contributed by atoms with Crippen LogP contribution in [-0.2, 0) is 14.8 Å². The number of hydrogen-bond donors (Lipinski definition) is 3. The van der Waals surface area contributed by atoms with Crippen molar-refractivity contribution >= 4 is 32.5 Å². The van der Waals surface area contributed by atoms with Crippen LogP contribution in [0.5, 0.6) is 0 Å². The fraction of sp³-hybridized carbons (Fsp3) is 0.308. The Morgan fingerprint density at radius 3 is 2.81 bits per heavy atom. The fourth-order valence-electron chi connectivity index (χ4n) is 1.89. The minimum atomic E-state index is -3.76. The van der Waals surface area contributed by atoms with Gasteiger partial charge in [0.25, 0.3) is 0 Å². The minimum absolute atomic E-state index is 0.101. The number of rotatable bonds is 5. The molecule has 2 aromatic rings. The van der Waals surface area contributed by atoms with Crippen molar-refractivity contribution in [2.24, 2.45) is 0 Å². The highest BCUT2D eigenvalue weighted by Gasteiger charge is 2.20. The van der Waals surface area contributed by atoms with Crippen molar-refractivity contribution in [2.75, 3.05) is 25.9 Å². The minimum Gasteiger partial charge on any atom is -0.399 e. The Balaban J connectivity index is 2.24. The lowest BCUT2D eigenvalue weighted by molar-refractivity contribution is -0.128. The Hall–Kier alpha value is -2.06. The first kappa shape index (κ1) is 15.3. The van der Waals surface area contributed by atoms with E-state index in [-0.39, 0.29) is 17.3 Å². The third kappa shape index (κ3) is 3.17. The van der Waals surface area contributed by atoms with Crippen LogP contribution in [-0.4, -0.2) is 44.3 Å². The molecular weight excluding hydrogens is 292 g/mol. The average molecular weight is 310 g/mol. The molecule has 0 radical (unpaired) electrons. The van der Waals surface area contributed by atoms with Gasteiger partial charge in [0.2, 0.25) is 15.9 Å². The van der Waals surface area contributed by atoms with E-state index in [1.54, 1.807) is 25.2 Å². The fourth-order valence-corrected chi connectivity index (χ4v) is 3.04. The third-order valence-corrected chi connectivity index (χ3v) is 4.71. The van der Waals surface area contributed by atoms with Crippen molar-refractivity contribution in [1.82, 2.24) is 14.6 Å². The van der Waals surface area contributed by atoms with Crippen LogP contribution in [0.15, 0.2) is 29.3 Å². The van der Waals surface area contributed by atoms with Crippen molar-refractivity contribution in [3.05, 3.63) is 24.4 Å². The number of carbonyl (C=O) groups excluding carboxylic acids is 1. The van der Waals surface area contributed by atoms with Crippen LogP contribution in [0.25, 0.3) is 10.9 Å². The lowest BCUT2D eigenvalue weighted by Crippen LogP contribution is -2.37. The molecule has 8 heteroatoms. The highest BCUT2D eigenvalue weighted by molar-refractivity contribution is 7.89. The first-order valence-corrected chi connectivity index (χ1v) is 7.93. The molecule has 1 heterocycles. The molecule has 0 saturated heterocycles. The molecule has 114 valence electrons. The summed E-state index contributed by atoms with van der Waals surface area (Å²) in [6, 6.07) is 4.92. The predicted molar refractivity (Wildman–Crippen MR) is 81.2 cm³/mol. The summed E-state index contributed by atoms with van der Waals surface area (Å²) in [6.07, 6.45) is 1.39. The Kier molecular flexibility index (Phi) is 4.19. The molecule has 21 heavy (non-hydrogen) atoms. The van der Waals surface area contributed by atoms with Gasteiger partial charge in [-0.2, -0.15) is 0 Å². The predicted octanol–water partition coefficient (Wildman–Crippen LogP) is 0.507. The molecule has 0 aliphatic rings. The van der Waals surface area contributed by atoms with E-state index in [2.05, 4.69) is 9.71 Å². The highest BCUT2D eigenvalue weighted by Crippen LogP contribution is 2.24. The van der Waals surface area contributed by atoms with E-state index in [9.17, 15) is 13.2 Å². The van der Waals surface area contributed by atoms with Gasteiger partial charge in [-0.25, -0.2) is 13.1 Å². The number of nitrogen functional groups attached to an aromatic ring is 1. The summed E-state index contributed by atoms with van der Waals surface area (Å²) in [5.74, 6) is -0.287. The van der Waals surface area contributed by atoms with Gasteiger partial charge in [0.05, 0.1) is 6.54 Å². The number of aromatic amines is 1. The number of sulfonamides is 1. The smallest absolute Gasteiger partial charge is 0.243 e. The van der Waals surface area contributed by atoms with Crippen LogP contribution in [0.4, 0.5) is 5.69 Å². The van der Waals surface area contributed by atoms with Crippen molar-refractivity contribution < 1.29 is 13.2 Å². The maximum absolute atomic E-state index is 12.3. The summed E-state index contributed by atoms with van der Waals surface area (Å²) in [5, 5.41) is 0.535. The average Bonchev–Trinajstić information content (AvgIpc) is 2.87. The molecule has 0 spiro atoms. The van der Waals surface area contributed by atoms with E-state index in [1.807, 2.05) is 6.92 Å². The number of nitrogens with two attached hydrogens (primary N) is 1. The molecule has 1 amide bonds. The quantitative estimate of drug-likeness (QED) is 0.699. The van der Waals surface area contributed by atoms with Crippen molar-refractivity contribution in [2.45, 2.75) is 11.8 Å². The number of aromatic nitrogens is 1. The number of amides is 1. The molecule has 4 N–H and O–H groups in total. The van der Waals surface area contributed by atoms with Crippen LogP contribution in [0.1, 0.15) is 6.92 Å². The maximum Gasteiger partial charge on any atom is 0.243 e. The molecule has 0 saturated carbocycles. The number of anilines is 1. The van der Waals surface area contributed by atoms with Gasteiger partial charge in [-0.15, -0.1) is 0 Å². The molecule has 0 fully saturated rings. The molecule has 7 nitrogen and oxygen atoms in total. The van der Waals surface area contributed by atoms with Crippen molar-refractivity contribution in [3.63, 3.8) is 0 Å². The van der Waals surface area contributed by atoms with E-state index in [1.165, 1.54) is 11.1 Å². The van der Waals surface area contributed by atoms with E-state index in [4.69, 9.17) is 5.73 Å². The van der Waals surface area contributed by atoms with Crippen LogP contribution in [0.2, 0.25) is 0 Å². The SMILES string of the molecule is CCN(C)C(=O)CNS(=O)(=O)c1c[nH]c2cc(N)ccc12. The van der Waals surface area contributed by atoms with Crippen molar-refractivity contribution in [3.8, 4) is 0 Å². The Labute approximate surface area is 123 Å². The number of hydrogen-bond acceptors (Lipinski definition) is 4. The molecular formula is C13H18N4O3S. The molecule has 0 bridgehead atoms. The molecule has 0 aliphatic heterocycles. The zero-order valence-corrected chi connectivity index (χ0v) is 12.7. The summed E-state index contributed by atoms with van der Waals surface area (Å²) in [7, 11) is -2.15. The molecule has 1 aromatic carbocycles. The van der Waals surface area contributed by atoms with E-state index < -0.39 is 10.0 Å². The van der Waals surface area contributed by atoms with Gasteiger partial charge in [-0.05, 0) is 25.1 Å². The summed E-state index contributed by atoms with van der Waals surface area (Å²) >= 11 is 0. The highest BCUT2D eigenvalue weighted by atomic mass is 32.2. The maximum atomic E-state index is 12.3. The molecule has 0 aliphatic carbocycles. The first-order chi connectivity index (χ1) is 9.85. The van der Waals surface area contributed by atoms with Gasteiger partial charge < -0.3 is 15.6 Å². The number of H-pyrrole nitrogens is 1. The number of fused-ring (bicyclic) bond motifs is 1. The van der Waals surface area contributed by atoms with E-state index in [0.717, 1.165) is 0 Å². The normalized spacial score (nSPS) is 11.7. The van der Waals surface area contributed by atoms with Crippen molar-refractivity contribution in [1.29, 1.82) is 0 Å². The van der Waals surface area contributed by atoms with Crippen LogP contribution in [0, 0.1) is 0 Å². The van der Waals surface area contributed by atoms with Gasteiger partial charge in [-0.3, -0.25) is 4.79 Å². The second kappa shape index (κ2) is 5.74. The number of nitrogens with one attached hydrogen (secondary N) is 2. The summed E-state index contributed by atoms with van der Waals surface area (Å²) < 4.78 is 26.9. The van der Waals surface area contributed by atoms with Gasteiger partial charge in [-0.1, -0.05) is 0 Å². The summed E-state index contributed by atoms with van der Waals surface area (Å²) in [6.45, 7) is 2.07. The Morgan fingerprint density at radius 1 is 1.43 bits per heavy atom. The Morgan fingerprint density at radius 2 is 2.14 bits per heavy atom. The van der Waals surface area contributed by atoms with Crippen LogP contribution >= 0.6 is 0 Å². The van der Waals surface area contributed by atoms with E-state index in [0.29, 0.717) is 23.1 Å². The van der Waals surface area contributed by atoms with Gasteiger partial charge in [0.15, 0.2) is 0 Å². The molecule has 0 unspecified atom stereocenters. The zero-order valence-electron chi connectivity index (χ0n) is 11.9. The Bertz CT molecular complexity index is 767. The third-order valence-electron chi connectivity index (χ3n) is 3.27. The van der Waals surface area contributed by atoms with E-state index >= 15 is 0 Å².